The lowest BCUT2D eigenvalue weighted by Crippen LogP contribution is -2.37. The van der Waals surface area contributed by atoms with Gasteiger partial charge in [0.25, 0.3) is 17.5 Å². The molecule has 0 spiro atoms. The monoisotopic (exact) mass is 422 g/mol. The Bertz CT molecular complexity index is 1040. The smallest absolute Gasteiger partial charge is 0.282 e. The number of nitro benzene ring substituents is 1. The van der Waals surface area contributed by atoms with Crippen molar-refractivity contribution in [3.8, 4) is 0 Å². The van der Waals surface area contributed by atoms with Crippen molar-refractivity contribution >= 4 is 29.1 Å². The molecule has 2 aromatic carbocycles. The highest BCUT2D eigenvalue weighted by molar-refractivity contribution is 6.24. The quantitative estimate of drug-likeness (QED) is 0.435. The molecule has 1 saturated heterocycles. The summed E-state index contributed by atoms with van der Waals surface area (Å²) < 4.78 is 0. The van der Waals surface area contributed by atoms with Crippen molar-refractivity contribution in [3.63, 3.8) is 0 Å². The number of anilines is 1. The maximum atomic E-state index is 12.6. The van der Waals surface area contributed by atoms with E-state index in [-0.39, 0.29) is 11.1 Å². The third kappa shape index (κ3) is 4.31. The number of carbonyl (C=O) groups is 3. The zero-order chi connectivity index (χ0) is 22.0. The van der Waals surface area contributed by atoms with Gasteiger partial charge in [-0.25, -0.2) is 0 Å². The summed E-state index contributed by atoms with van der Waals surface area (Å²) in [5.41, 5.74) is 0.923. The van der Waals surface area contributed by atoms with Crippen LogP contribution in [0.25, 0.3) is 0 Å². The second-order valence-electron chi connectivity index (χ2n) is 7.74. The number of imide groups is 1. The molecule has 1 N–H and O–H groups in total. The van der Waals surface area contributed by atoms with Crippen molar-refractivity contribution in [2.75, 3.05) is 25.0 Å². The Morgan fingerprint density at radius 2 is 1.71 bits per heavy atom. The maximum absolute atomic E-state index is 12.6. The lowest BCUT2D eigenvalue weighted by molar-refractivity contribution is -0.385. The summed E-state index contributed by atoms with van der Waals surface area (Å²) in [5.74, 6) is -2.10. The predicted octanol–water partition coefficient (Wildman–Crippen LogP) is 2.82. The van der Waals surface area contributed by atoms with E-state index in [0.717, 1.165) is 30.1 Å². The number of nitrogens with zero attached hydrogens (tertiary/aromatic N) is 3. The Hall–Kier alpha value is -3.59. The van der Waals surface area contributed by atoms with E-state index in [9.17, 15) is 24.5 Å². The molecule has 160 valence electrons. The first-order valence-corrected chi connectivity index (χ1v) is 10.2. The van der Waals surface area contributed by atoms with Gasteiger partial charge < -0.3 is 5.32 Å². The van der Waals surface area contributed by atoms with Gasteiger partial charge in [-0.2, -0.15) is 0 Å². The van der Waals surface area contributed by atoms with Gasteiger partial charge in [-0.3, -0.25) is 34.3 Å². The van der Waals surface area contributed by atoms with E-state index >= 15 is 0 Å². The number of nitro groups is 1. The lowest BCUT2D eigenvalue weighted by atomic mass is 10.1. The summed E-state index contributed by atoms with van der Waals surface area (Å²) in [6.45, 7) is 2.54. The fraction of sp³-hybridized carbons (Fsp3) is 0.318. The second kappa shape index (κ2) is 8.65. The highest BCUT2D eigenvalue weighted by Crippen LogP contribution is 2.30. The Morgan fingerprint density at radius 3 is 2.39 bits per heavy atom. The molecule has 0 aliphatic carbocycles. The SMILES string of the molecule is O=C(CN1C(=O)c2cccc([N+](=O)[O-])c2C1=O)Nc1ccc(CN2CCCCC2)cc1. The molecule has 2 heterocycles. The minimum absolute atomic E-state index is 0.0611. The lowest BCUT2D eigenvalue weighted by Gasteiger charge is -2.26. The zero-order valence-electron chi connectivity index (χ0n) is 16.9. The molecular formula is C22H22N4O5. The third-order valence-corrected chi connectivity index (χ3v) is 5.57. The van der Waals surface area contributed by atoms with Crippen LogP contribution in [0, 0.1) is 10.1 Å². The first kappa shape index (κ1) is 20.7. The Kier molecular flexibility index (Phi) is 5.77. The zero-order valence-corrected chi connectivity index (χ0v) is 16.9. The summed E-state index contributed by atoms with van der Waals surface area (Å²) in [4.78, 5) is 51.1. The molecule has 1 fully saturated rings. The third-order valence-electron chi connectivity index (χ3n) is 5.57. The minimum atomic E-state index is -0.834. The molecule has 2 aromatic rings. The molecule has 0 saturated carbocycles. The van der Waals surface area contributed by atoms with Gasteiger partial charge in [0.2, 0.25) is 5.91 Å². The molecule has 4 rings (SSSR count). The standard InChI is InChI=1S/C22H22N4O5/c27-19(23-16-9-7-15(8-10-16)13-24-11-2-1-3-12-24)14-25-21(28)17-5-4-6-18(26(30)31)20(17)22(25)29/h4-10H,1-3,11-14H2,(H,23,27). The number of carbonyl (C=O) groups excluding carboxylic acids is 3. The number of hydrogen-bond acceptors (Lipinski definition) is 6. The molecule has 0 atom stereocenters. The van der Waals surface area contributed by atoms with E-state index in [1.807, 2.05) is 12.1 Å². The molecule has 2 aliphatic heterocycles. The molecule has 0 radical (unpaired) electrons. The van der Waals surface area contributed by atoms with Crippen molar-refractivity contribution in [2.24, 2.45) is 0 Å². The van der Waals surface area contributed by atoms with Crippen molar-refractivity contribution in [2.45, 2.75) is 25.8 Å². The van der Waals surface area contributed by atoms with Crippen molar-refractivity contribution in [1.82, 2.24) is 9.80 Å². The molecule has 9 heteroatoms. The fourth-order valence-corrected chi connectivity index (χ4v) is 4.02. The predicted molar refractivity (Wildman–Crippen MR) is 113 cm³/mol. The number of fused-ring (bicyclic) bond motifs is 1. The highest BCUT2D eigenvalue weighted by atomic mass is 16.6. The fourth-order valence-electron chi connectivity index (χ4n) is 4.02. The van der Waals surface area contributed by atoms with E-state index in [1.165, 1.54) is 37.5 Å². The van der Waals surface area contributed by atoms with E-state index < -0.39 is 34.9 Å². The molecular weight excluding hydrogens is 400 g/mol. The van der Waals surface area contributed by atoms with E-state index in [0.29, 0.717) is 5.69 Å². The van der Waals surface area contributed by atoms with Crippen LogP contribution in [0.2, 0.25) is 0 Å². The summed E-state index contributed by atoms with van der Waals surface area (Å²) in [5, 5.41) is 13.8. The van der Waals surface area contributed by atoms with Gasteiger partial charge in [0, 0.05) is 18.3 Å². The molecule has 2 aliphatic rings. The number of piperidine rings is 1. The van der Waals surface area contributed by atoms with Crippen LogP contribution in [-0.2, 0) is 11.3 Å². The Morgan fingerprint density at radius 1 is 1.00 bits per heavy atom. The van der Waals surface area contributed by atoms with Gasteiger partial charge in [-0.05, 0) is 49.7 Å². The van der Waals surface area contributed by atoms with Crippen LogP contribution < -0.4 is 5.32 Å². The second-order valence-corrected chi connectivity index (χ2v) is 7.74. The average Bonchev–Trinajstić information content (AvgIpc) is 3.00. The van der Waals surface area contributed by atoms with Gasteiger partial charge in [0.05, 0.1) is 10.5 Å². The summed E-state index contributed by atoms with van der Waals surface area (Å²) in [6, 6.07) is 11.3. The molecule has 0 aromatic heterocycles. The average molecular weight is 422 g/mol. The normalized spacial score (nSPS) is 16.3. The van der Waals surface area contributed by atoms with Crippen molar-refractivity contribution < 1.29 is 19.3 Å². The van der Waals surface area contributed by atoms with Crippen LogP contribution in [0.15, 0.2) is 42.5 Å². The topological polar surface area (TPSA) is 113 Å². The highest BCUT2D eigenvalue weighted by Gasteiger charge is 2.41. The van der Waals surface area contributed by atoms with E-state index in [1.54, 1.807) is 12.1 Å². The minimum Gasteiger partial charge on any atom is -0.325 e. The van der Waals surface area contributed by atoms with Crippen molar-refractivity contribution in [3.05, 3.63) is 69.3 Å². The van der Waals surface area contributed by atoms with E-state index in [2.05, 4.69) is 10.2 Å². The number of benzene rings is 2. The number of likely N-dealkylation sites (tertiary alicyclic amines) is 1. The first-order valence-electron chi connectivity index (χ1n) is 10.2. The van der Waals surface area contributed by atoms with Gasteiger partial charge in [0.15, 0.2) is 0 Å². The van der Waals surface area contributed by atoms with Gasteiger partial charge >= 0.3 is 0 Å². The van der Waals surface area contributed by atoms with Crippen LogP contribution in [-0.4, -0.2) is 52.1 Å². The van der Waals surface area contributed by atoms with Gasteiger partial charge in [-0.1, -0.05) is 24.6 Å². The van der Waals surface area contributed by atoms with Gasteiger partial charge in [-0.15, -0.1) is 0 Å². The number of nitrogens with one attached hydrogen (secondary N) is 1. The number of rotatable bonds is 6. The largest absolute Gasteiger partial charge is 0.325 e. The van der Waals surface area contributed by atoms with Gasteiger partial charge in [0.1, 0.15) is 12.1 Å². The Balaban J connectivity index is 1.39. The molecule has 0 unspecified atom stereocenters. The molecule has 9 nitrogen and oxygen atoms in total. The van der Waals surface area contributed by atoms with E-state index in [4.69, 9.17) is 0 Å². The molecule has 31 heavy (non-hydrogen) atoms. The number of amides is 3. The first-order chi connectivity index (χ1) is 14.9. The number of hydrogen-bond donors (Lipinski definition) is 1. The van der Waals surface area contributed by atoms with Crippen LogP contribution in [0.5, 0.6) is 0 Å². The molecule has 3 amide bonds. The Labute approximate surface area is 178 Å². The summed E-state index contributed by atoms with van der Waals surface area (Å²) in [7, 11) is 0. The summed E-state index contributed by atoms with van der Waals surface area (Å²) in [6.07, 6.45) is 3.71. The van der Waals surface area contributed by atoms with Crippen LogP contribution in [0.4, 0.5) is 11.4 Å². The molecule has 0 bridgehead atoms. The van der Waals surface area contributed by atoms with Crippen molar-refractivity contribution in [1.29, 1.82) is 0 Å². The summed E-state index contributed by atoms with van der Waals surface area (Å²) >= 11 is 0. The van der Waals surface area contributed by atoms with Crippen LogP contribution in [0.1, 0.15) is 45.5 Å². The van der Waals surface area contributed by atoms with Crippen LogP contribution >= 0.6 is 0 Å². The van der Waals surface area contributed by atoms with Crippen LogP contribution in [0.3, 0.4) is 0 Å². The maximum Gasteiger partial charge on any atom is 0.282 e.